The fraction of sp³-hybridized carbons (Fsp3) is 0.333. The molecule has 0 bridgehead atoms. The average molecular weight is 313 g/mol. The summed E-state index contributed by atoms with van der Waals surface area (Å²) >= 11 is 0. The van der Waals surface area contributed by atoms with Gasteiger partial charge < -0.3 is 15.7 Å². The van der Waals surface area contributed by atoms with E-state index in [1.54, 1.807) is 11.6 Å². The van der Waals surface area contributed by atoms with Crippen LogP contribution < -0.4 is 10.6 Å². The summed E-state index contributed by atoms with van der Waals surface area (Å²) in [7, 11) is 0. The molecule has 2 aromatic heterocycles. The third kappa shape index (κ3) is 3.37. The van der Waals surface area contributed by atoms with Crippen molar-refractivity contribution < 1.29 is 5.11 Å². The number of anilines is 3. The van der Waals surface area contributed by atoms with Gasteiger partial charge in [0.1, 0.15) is 0 Å². The van der Waals surface area contributed by atoms with E-state index >= 15 is 0 Å². The lowest BCUT2D eigenvalue weighted by Gasteiger charge is -2.10. The van der Waals surface area contributed by atoms with Gasteiger partial charge in [0.2, 0.25) is 5.95 Å². The van der Waals surface area contributed by atoms with Gasteiger partial charge in [0.15, 0.2) is 17.0 Å². The van der Waals surface area contributed by atoms with Gasteiger partial charge >= 0.3 is 0 Å². The van der Waals surface area contributed by atoms with E-state index in [1.165, 1.54) is 0 Å². The van der Waals surface area contributed by atoms with Crippen LogP contribution in [0.2, 0.25) is 0 Å². The van der Waals surface area contributed by atoms with Crippen LogP contribution in [0.1, 0.15) is 13.8 Å². The maximum Gasteiger partial charge on any atom is 0.226 e. The quantitative estimate of drug-likeness (QED) is 0.637. The van der Waals surface area contributed by atoms with Gasteiger partial charge in [-0.1, -0.05) is 23.4 Å². The molecule has 3 N–H and O–H groups in total. The summed E-state index contributed by atoms with van der Waals surface area (Å²) in [6.45, 7) is 4.70. The smallest absolute Gasteiger partial charge is 0.226 e. The van der Waals surface area contributed by atoms with E-state index in [2.05, 4.69) is 30.9 Å². The summed E-state index contributed by atoms with van der Waals surface area (Å²) in [5, 5.41) is 24.0. The van der Waals surface area contributed by atoms with Crippen molar-refractivity contribution in [2.75, 3.05) is 17.2 Å². The van der Waals surface area contributed by atoms with Crippen LogP contribution in [0.25, 0.3) is 11.2 Å². The highest BCUT2D eigenvalue weighted by atomic mass is 16.3. The highest BCUT2D eigenvalue weighted by Crippen LogP contribution is 2.23. The number of benzene rings is 1. The van der Waals surface area contributed by atoms with Crippen molar-refractivity contribution in [1.29, 1.82) is 0 Å². The van der Waals surface area contributed by atoms with Gasteiger partial charge in [-0.05, 0) is 26.0 Å². The maximum absolute atomic E-state index is 9.43. The fourth-order valence-electron chi connectivity index (χ4n) is 2.13. The van der Waals surface area contributed by atoms with Gasteiger partial charge in [-0.3, -0.25) is 0 Å². The lowest BCUT2D eigenvalue weighted by Crippen LogP contribution is -2.17. The molecule has 3 aromatic rings. The van der Waals surface area contributed by atoms with Crippen LogP contribution in [0.15, 0.2) is 30.3 Å². The van der Waals surface area contributed by atoms with Crippen molar-refractivity contribution in [2.24, 2.45) is 0 Å². The second kappa shape index (κ2) is 6.57. The molecule has 3 rings (SSSR count). The first-order valence-electron chi connectivity index (χ1n) is 7.52. The van der Waals surface area contributed by atoms with Crippen LogP contribution in [-0.4, -0.2) is 42.7 Å². The summed E-state index contributed by atoms with van der Waals surface area (Å²) in [5.74, 6) is 1.00. The maximum atomic E-state index is 9.43. The molecule has 8 heteroatoms. The molecule has 0 amide bonds. The molecule has 0 aliphatic heterocycles. The number of aromatic nitrogens is 5. The van der Waals surface area contributed by atoms with Gasteiger partial charge in [-0.25, -0.2) is 4.68 Å². The standard InChI is InChI=1S/C15H19N7O/c1-3-22-14-12(20-21-22)13(17-11-7-5-4-6-8-11)18-15(19-14)16-9-10(2)23/h4-8,10,23H,3,9H2,1-2H3,(H2,16,17,18,19). The van der Waals surface area contributed by atoms with Crippen molar-refractivity contribution in [3.8, 4) is 0 Å². The van der Waals surface area contributed by atoms with Crippen molar-refractivity contribution in [1.82, 2.24) is 25.0 Å². The molecule has 1 aromatic carbocycles. The van der Waals surface area contributed by atoms with E-state index in [0.717, 1.165) is 5.69 Å². The molecule has 2 heterocycles. The molecule has 8 nitrogen and oxygen atoms in total. The molecule has 0 fully saturated rings. The van der Waals surface area contributed by atoms with Crippen molar-refractivity contribution >= 4 is 28.6 Å². The average Bonchev–Trinajstić information content (AvgIpc) is 2.97. The fourth-order valence-corrected chi connectivity index (χ4v) is 2.13. The Bertz CT molecular complexity index is 785. The predicted octanol–water partition coefficient (Wildman–Crippen LogP) is 1.78. The molecule has 0 saturated heterocycles. The van der Waals surface area contributed by atoms with Gasteiger partial charge in [-0.2, -0.15) is 9.97 Å². The number of aryl methyl sites for hydroxylation is 1. The Morgan fingerprint density at radius 1 is 1.22 bits per heavy atom. The zero-order valence-electron chi connectivity index (χ0n) is 13.1. The Labute approximate surface area is 133 Å². The van der Waals surface area contributed by atoms with Crippen LogP contribution in [0.4, 0.5) is 17.5 Å². The number of hydrogen-bond donors (Lipinski definition) is 3. The molecule has 0 radical (unpaired) electrons. The normalized spacial score (nSPS) is 12.3. The Balaban J connectivity index is 2.01. The number of aliphatic hydroxyl groups excluding tert-OH is 1. The zero-order valence-corrected chi connectivity index (χ0v) is 13.1. The largest absolute Gasteiger partial charge is 0.392 e. The highest BCUT2D eigenvalue weighted by Gasteiger charge is 2.14. The van der Waals surface area contributed by atoms with E-state index in [0.29, 0.717) is 36.0 Å². The van der Waals surface area contributed by atoms with Gasteiger partial charge in [0, 0.05) is 18.8 Å². The minimum absolute atomic E-state index is 0.365. The molecule has 0 aliphatic rings. The Morgan fingerprint density at radius 3 is 2.70 bits per heavy atom. The topological polar surface area (TPSA) is 101 Å². The van der Waals surface area contributed by atoms with E-state index in [9.17, 15) is 5.11 Å². The third-order valence-electron chi connectivity index (χ3n) is 3.25. The van der Waals surface area contributed by atoms with Crippen molar-refractivity contribution in [3.05, 3.63) is 30.3 Å². The van der Waals surface area contributed by atoms with E-state index in [-0.39, 0.29) is 0 Å². The molecule has 1 unspecified atom stereocenters. The minimum Gasteiger partial charge on any atom is -0.392 e. The first-order valence-corrected chi connectivity index (χ1v) is 7.52. The molecule has 0 aliphatic carbocycles. The number of aliphatic hydroxyl groups is 1. The third-order valence-corrected chi connectivity index (χ3v) is 3.25. The molecular formula is C15H19N7O. The minimum atomic E-state index is -0.492. The second-order valence-corrected chi connectivity index (χ2v) is 5.19. The molecular weight excluding hydrogens is 294 g/mol. The zero-order chi connectivity index (χ0) is 16.2. The van der Waals surface area contributed by atoms with Gasteiger partial charge in [0.05, 0.1) is 6.10 Å². The SMILES string of the molecule is CCn1nnc2c(Nc3ccccc3)nc(NCC(C)O)nc21. The van der Waals surface area contributed by atoms with Gasteiger partial charge in [0.25, 0.3) is 0 Å². The highest BCUT2D eigenvalue weighted by molar-refractivity contribution is 5.85. The van der Waals surface area contributed by atoms with Crippen LogP contribution in [0.5, 0.6) is 0 Å². The van der Waals surface area contributed by atoms with Crippen LogP contribution in [0, 0.1) is 0 Å². The number of nitrogens with zero attached hydrogens (tertiary/aromatic N) is 5. The second-order valence-electron chi connectivity index (χ2n) is 5.19. The lowest BCUT2D eigenvalue weighted by molar-refractivity contribution is 0.208. The van der Waals surface area contributed by atoms with Crippen LogP contribution >= 0.6 is 0 Å². The molecule has 0 saturated carbocycles. The number of para-hydroxylation sites is 1. The number of hydrogen-bond acceptors (Lipinski definition) is 7. The van der Waals surface area contributed by atoms with Gasteiger partial charge in [-0.15, -0.1) is 5.10 Å². The summed E-state index contributed by atoms with van der Waals surface area (Å²) in [6, 6.07) is 9.72. The molecule has 120 valence electrons. The summed E-state index contributed by atoms with van der Waals surface area (Å²) < 4.78 is 1.71. The van der Waals surface area contributed by atoms with Crippen molar-refractivity contribution in [3.63, 3.8) is 0 Å². The van der Waals surface area contributed by atoms with E-state index in [4.69, 9.17) is 0 Å². The number of rotatable bonds is 6. The Morgan fingerprint density at radius 2 is 2.00 bits per heavy atom. The van der Waals surface area contributed by atoms with E-state index in [1.807, 2.05) is 37.3 Å². The summed E-state index contributed by atoms with van der Waals surface area (Å²) in [5.41, 5.74) is 2.16. The first kappa shape index (κ1) is 15.2. The Hall–Kier alpha value is -2.74. The summed E-state index contributed by atoms with van der Waals surface area (Å²) in [6.07, 6.45) is -0.492. The molecule has 1 atom stereocenters. The first-order chi connectivity index (χ1) is 11.2. The lowest BCUT2D eigenvalue weighted by atomic mass is 10.3. The molecule has 23 heavy (non-hydrogen) atoms. The van der Waals surface area contributed by atoms with E-state index < -0.39 is 6.10 Å². The van der Waals surface area contributed by atoms with Crippen molar-refractivity contribution in [2.45, 2.75) is 26.5 Å². The van der Waals surface area contributed by atoms with Crippen LogP contribution in [-0.2, 0) is 6.54 Å². The monoisotopic (exact) mass is 313 g/mol. The molecule has 0 spiro atoms. The Kier molecular flexibility index (Phi) is 4.33. The number of fused-ring (bicyclic) bond motifs is 1. The van der Waals surface area contributed by atoms with Crippen LogP contribution in [0.3, 0.4) is 0 Å². The summed E-state index contributed by atoms with van der Waals surface area (Å²) in [4.78, 5) is 8.90. The predicted molar refractivity (Wildman–Crippen MR) is 88.7 cm³/mol. The number of nitrogens with one attached hydrogen (secondary N) is 2.